The zero-order chi connectivity index (χ0) is 18.1. The largest absolute Gasteiger partial charge is 0.467 e. The van der Waals surface area contributed by atoms with E-state index < -0.39 is 0 Å². The van der Waals surface area contributed by atoms with Crippen LogP contribution in [0.4, 0.5) is 0 Å². The molecule has 2 aliphatic heterocycles. The van der Waals surface area contributed by atoms with E-state index in [0.29, 0.717) is 18.1 Å². The predicted molar refractivity (Wildman–Crippen MR) is 103 cm³/mol. The summed E-state index contributed by atoms with van der Waals surface area (Å²) >= 11 is 5.72. The van der Waals surface area contributed by atoms with Gasteiger partial charge in [-0.1, -0.05) is 18.2 Å². The van der Waals surface area contributed by atoms with Crippen LogP contribution in [-0.2, 0) is 23.3 Å². The van der Waals surface area contributed by atoms with E-state index in [4.69, 9.17) is 16.6 Å². The Bertz CT molecular complexity index is 1030. The Morgan fingerprint density at radius 1 is 1.27 bits per heavy atom. The number of rotatable bonds is 2. The molecule has 4 heterocycles. The number of thiocarbonyl (C=S) groups is 1. The van der Waals surface area contributed by atoms with Gasteiger partial charge in [0.1, 0.15) is 11.8 Å². The number of nitrogens with zero attached hydrogens (tertiary/aromatic N) is 2. The Kier molecular flexibility index (Phi) is 3.13. The lowest BCUT2D eigenvalue weighted by atomic mass is 9.85. The van der Waals surface area contributed by atoms with Crippen molar-refractivity contribution in [2.24, 2.45) is 0 Å². The molecule has 0 bridgehead atoms. The molecule has 5 nitrogen and oxygen atoms in total. The summed E-state index contributed by atoms with van der Waals surface area (Å²) in [6, 6.07) is 11.7. The van der Waals surface area contributed by atoms with Crippen molar-refractivity contribution in [1.82, 2.24) is 14.8 Å². The number of hydrogen-bond acceptors (Lipinski definition) is 3. The predicted octanol–water partition coefficient (Wildman–Crippen LogP) is 3.55. The van der Waals surface area contributed by atoms with Crippen molar-refractivity contribution in [3.63, 3.8) is 0 Å². The van der Waals surface area contributed by atoms with Crippen LogP contribution in [0.2, 0.25) is 0 Å². The first-order valence-corrected chi connectivity index (χ1v) is 9.16. The van der Waals surface area contributed by atoms with E-state index in [2.05, 4.69) is 35.9 Å². The van der Waals surface area contributed by atoms with Crippen molar-refractivity contribution >= 4 is 34.1 Å². The number of hydrogen-bond donors (Lipinski definition) is 1. The third-order valence-corrected chi connectivity index (χ3v) is 6.04. The summed E-state index contributed by atoms with van der Waals surface area (Å²) in [5.41, 5.74) is 3.09. The van der Waals surface area contributed by atoms with Gasteiger partial charge in [0.15, 0.2) is 5.11 Å². The number of nitrogens with one attached hydrogen (secondary N) is 1. The summed E-state index contributed by atoms with van der Waals surface area (Å²) in [6.07, 6.45) is 2.28. The highest BCUT2D eigenvalue weighted by Crippen LogP contribution is 2.44. The third kappa shape index (κ3) is 1.96. The summed E-state index contributed by atoms with van der Waals surface area (Å²) in [7, 11) is 0. The Morgan fingerprint density at radius 3 is 2.85 bits per heavy atom. The molecule has 0 spiro atoms. The first-order valence-electron chi connectivity index (χ1n) is 8.75. The van der Waals surface area contributed by atoms with Gasteiger partial charge in [0.2, 0.25) is 0 Å². The number of H-pyrrole nitrogens is 1. The lowest BCUT2D eigenvalue weighted by molar-refractivity contribution is -0.129. The fourth-order valence-corrected chi connectivity index (χ4v) is 4.92. The van der Waals surface area contributed by atoms with E-state index in [-0.39, 0.29) is 17.5 Å². The van der Waals surface area contributed by atoms with Crippen molar-refractivity contribution in [2.45, 2.75) is 38.4 Å². The molecule has 0 saturated carbocycles. The number of carbonyl (C=O) groups is 1. The molecule has 2 aromatic heterocycles. The van der Waals surface area contributed by atoms with Crippen LogP contribution in [-0.4, -0.2) is 31.8 Å². The Balaban J connectivity index is 1.60. The topological polar surface area (TPSA) is 52.5 Å². The Labute approximate surface area is 156 Å². The zero-order valence-corrected chi connectivity index (χ0v) is 15.5. The highest BCUT2D eigenvalue weighted by Gasteiger charge is 2.53. The van der Waals surface area contributed by atoms with E-state index in [9.17, 15) is 4.79 Å². The second-order valence-electron chi connectivity index (χ2n) is 7.46. The van der Waals surface area contributed by atoms with Crippen molar-refractivity contribution in [1.29, 1.82) is 0 Å². The minimum Gasteiger partial charge on any atom is -0.467 e. The Morgan fingerprint density at radius 2 is 2.08 bits per heavy atom. The molecule has 1 amide bonds. The SMILES string of the molecule is CC1(C)c2[nH]c3ccccc3c2C[C@H]2C(=O)N(Cc3ccco3)C(=S)N21. The molecule has 1 fully saturated rings. The average Bonchev–Trinajstić information content (AvgIpc) is 3.30. The van der Waals surface area contributed by atoms with E-state index in [1.165, 1.54) is 10.9 Å². The van der Waals surface area contributed by atoms with Gasteiger partial charge in [-0.3, -0.25) is 9.69 Å². The van der Waals surface area contributed by atoms with Crippen LogP contribution in [0.3, 0.4) is 0 Å². The third-order valence-electron chi connectivity index (χ3n) is 5.62. The fraction of sp³-hybridized carbons (Fsp3) is 0.300. The molecule has 1 saturated heterocycles. The number of carbonyl (C=O) groups excluding carboxylic acids is 1. The molecule has 132 valence electrons. The molecule has 1 aromatic carbocycles. The number of para-hydroxylation sites is 1. The second kappa shape index (κ2) is 5.20. The van der Waals surface area contributed by atoms with Gasteiger partial charge in [0, 0.05) is 23.0 Å². The number of amides is 1. The molecule has 2 aliphatic rings. The molecule has 1 N–H and O–H groups in total. The first-order chi connectivity index (χ1) is 12.5. The monoisotopic (exact) mass is 365 g/mol. The lowest BCUT2D eigenvalue weighted by Crippen LogP contribution is -2.52. The molecule has 0 aliphatic carbocycles. The second-order valence-corrected chi connectivity index (χ2v) is 7.82. The van der Waals surface area contributed by atoms with E-state index in [1.54, 1.807) is 11.2 Å². The molecule has 0 unspecified atom stereocenters. The summed E-state index contributed by atoms with van der Waals surface area (Å²) in [6.45, 7) is 4.63. The zero-order valence-electron chi connectivity index (χ0n) is 14.7. The normalized spacial score (nSPS) is 21.4. The van der Waals surface area contributed by atoms with Gasteiger partial charge >= 0.3 is 0 Å². The Hall–Kier alpha value is -2.60. The van der Waals surface area contributed by atoms with Gasteiger partial charge in [0.05, 0.1) is 18.3 Å². The van der Waals surface area contributed by atoms with Gasteiger partial charge < -0.3 is 14.3 Å². The van der Waals surface area contributed by atoms with Crippen molar-refractivity contribution in [2.75, 3.05) is 0 Å². The maximum Gasteiger partial charge on any atom is 0.252 e. The molecule has 1 atom stereocenters. The summed E-state index contributed by atoms with van der Waals surface area (Å²) in [4.78, 5) is 20.5. The van der Waals surface area contributed by atoms with Gasteiger partial charge in [-0.05, 0) is 49.8 Å². The number of aromatic amines is 1. The quantitative estimate of drug-likeness (QED) is 0.706. The molecule has 0 radical (unpaired) electrons. The van der Waals surface area contributed by atoms with Crippen LogP contribution < -0.4 is 0 Å². The summed E-state index contributed by atoms with van der Waals surface area (Å²) < 4.78 is 5.42. The van der Waals surface area contributed by atoms with Gasteiger partial charge in [-0.15, -0.1) is 0 Å². The standard InChI is InChI=1S/C20H19N3O2S/c1-20(2)17-14(13-7-3-4-8-15(13)21-17)10-16-18(24)22(19(26)23(16)20)11-12-6-5-9-25-12/h3-9,16,21H,10-11H2,1-2H3/t16-/m0/s1. The van der Waals surface area contributed by atoms with Crippen LogP contribution in [0.5, 0.6) is 0 Å². The average molecular weight is 365 g/mol. The van der Waals surface area contributed by atoms with E-state index in [0.717, 1.165) is 17.0 Å². The van der Waals surface area contributed by atoms with Crippen LogP contribution in [0, 0.1) is 0 Å². The van der Waals surface area contributed by atoms with Gasteiger partial charge in [-0.2, -0.15) is 0 Å². The minimum atomic E-state index is -0.387. The highest BCUT2D eigenvalue weighted by molar-refractivity contribution is 7.80. The van der Waals surface area contributed by atoms with Crippen LogP contribution >= 0.6 is 12.2 Å². The summed E-state index contributed by atoms with van der Waals surface area (Å²) in [5, 5.41) is 1.77. The van der Waals surface area contributed by atoms with Crippen molar-refractivity contribution in [3.8, 4) is 0 Å². The van der Waals surface area contributed by atoms with Crippen LogP contribution in [0.25, 0.3) is 10.9 Å². The summed E-state index contributed by atoms with van der Waals surface area (Å²) in [5.74, 6) is 0.790. The van der Waals surface area contributed by atoms with Crippen LogP contribution in [0.15, 0.2) is 47.1 Å². The number of aromatic nitrogens is 1. The highest BCUT2D eigenvalue weighted by atomic mass is 32.1. The molecule has 26 heavy (non-hydrogen) atoms. The van der Waals surface area contributed by atoms with Crippen molar-refractivity contribution in [3.05, 3.63) is 59.7 Å². The van der Waals surface area contributed by atoms with Crippen molar-refractivity contribution < 1.29 is 9.21 Å². The van der Waals surface area contributed by atoms with Gasteiger partial charge in [0.25, 0.3) is 5.91 Å². The molecular formula is C20H19N3O2S. The minimum absolute atomic E-state index is 0.0513. The maximum atomic E-state index is 13.2. The smallest absolute Gasteiger partial charge is 0.252 e. The number of fused-ring (bicyclic) bond motifs is 4. The maximum absolute atomic E-state index is 13.2. The number of furan rings is 1. The number of benzene rings is 1. The molecular weight excluding hydrogens is 346 g/mol. The van der Waals surface area contributed by atoms with E-state index in [1.807, 2.05) is 24.3 Å². The van der Waals surface area contributed by atoms with Gasteiger partial charge in [-0.25, -0.2) is 0 Å². The fourth-order valence-electron chi connectivity index (χ4n) is 4.41. The molecule has 6 heteroatoms. The first kappa shape index (κ1) is 15.6. The van der Waals surface area contributed by atoms with Crippen LogP contribution in [0.1, 0.15) is 30.9 Å². The van der Waals surface area contributed by atoms with E-state index >= 15 is 0 Å². The molecule has 3 aromatic rings. The lowest BCUT2D eigenvalue weighted by Gasteiger charge is -2.43. The molecule has 5 rings (SSSR count).